The van der Waals surface area contributed by atoms with Crippen molar-refractivity contribution >= 4 is 43.2 Å². The van der Waals surface area contributed by atoms with Gasteiger partial charge in [-0.25, -0.2) is 0 Å². The molecule has 0 spiro atoms. The minimum atomic E-state index is 0.726. The lowest BCUT2D eigenvalue weighted by atomic mass is 10.1. The van der Waals surface area contributed by atoms with Crippen molar-refractivity contribution in [2.24, 2.45) is 5.92 Å². The number of hydrogen-bond acceptors (Lipinski definition) is 3. The third-order valence-corrected chi connectivity index (χ3v) is 5.51. The molecule has 0 amide bonds. The van der Waals surface area contributed by atoms with Crippen LogP contribution >= 0.6 is 43.2 Å². The fourth-order valence-corrected chi connectivity index (χ4v) is 3.40. The first kappa shape index (κ1) is 15.6. The summed E-state index contributed by atoms with van der Waals surface area (Å²) in [6.45, 7) is 7.91. The van der Waals surface area contributed by atoms with Crippen LogP contribution in [0.1, 0.15) is 25.1 Å². The lowest BCUT2D eigenvalue weighted by Crippen LogP contribution is -2.19. The summed E-state index contributed by atoms with van der Waals surface area (Å²) < 4.78 is 7.82. The summed E-state index contributed by atoms with van der Waals surface area (Å²) in [4.78, 5) is 1.32. The van der Waals surface area contributed by atoms with Gasteiger partial charge in [-0.3, -0.25) is 0 Å². The molecule has 1 aromatic rings. The van der Waals surface area contributed by atoms with Crippen molar-refractivity contribution in [2.45, 2.75) is 26.8 Å². The van der Waals surface area contributed by atoms with Crippen molar-refractivity contribution in [2.75, 3.05) is 19.8 Å². The Kier molecular flexibility index (Phi) is 7.95. The van der Waals surface area contributed by atoms with E-state index in [9.17, 15) is 0 Å². The van der Waals surface area contributed by atoms with Gasteiger partial charge in [-0.2, -0.15) is 0 Å². The van der Waals surface area contributed by atoms with Gasteiger partial charge < -0.3 is 10.1 Å². The fraction of sp³-hybridized carbons (Fsp3) is 0.667. The van der Waals surface area contributed by atoms with Gasteiger partial charge in [0.15, 0.2) is 0 Å². The summed E-state index contributed by atoms with van der Waals surface area (Å²) in [5, 5.41) is 3.37. The molecule has 5 heteroatoms. The Labute approximate surface area is 124 Å². The highest BCUT2D eigenvalue weighted by molar-refractivity contribution is 9.13. The van der Waals surface area contributed by atoms with Crippen LogP contribution in [0.2, 0.25) is 0 Å². The summed E-state index contributed by atoms with van der Waals surface area (Å²) in [5.74, 6) is 0.726. The normalized spacial score (nSPS) is 11.4. The van der Waals surface area contributed by atoms with Gasteiger partial charge in [-0.15, -0.1) is 11.3 Å². The Balaban J connectivity index is 2.01. The van der Waals surface area contributed by atoms with Gasteiger partial charge in [-0.1, -0.05) is 13.8 Å². The lowest BCUT2D eigenvalue weighted by Gasteiger charge is -2.06. The Morgan fingerprint density at radius 2 is 2.12 bits per heavy atom. The highest BCUT2D eigenvalue weighted by atomic mass is 79.9. The lowest BCUT2D eigenvalue weighted by molar-refractivity contribution is 0.125. The molecule has 0 aliphatic heterocycles. The van der Waals surface area contributed by atoms with Crippen LogP contribution in [-0.2, 0) is 11.3 Å². The molecule has 1 rings (SSSR count). The first-order valence-corrected chi connectivity index (χ1v) is 8.22. The molecule has 0 unspecified atom stereocenters. The Morgan fingerprint density at radius 1 is 1.35 bits per heavy atom. The van der Waals surface area contributed by atoms with Crippen molar-refractivity contribution in [1.29, 1.82) is 0 Å². The van der Waals surface area contributed by atoms with E-state index < -0.39 is 0 Å². The summed E-state index contributed by atoms with van der Waals surface area (Å²) >= 11 is 8.73. The van der Waals surface area contributed by atoms with E-state index in [1.807, 2.05) is 0 Å². The van der Waals surface area contributed by atoms with Crippen LogP contribution in [0.3, 0.4) is 0 Å². The van der Waals surface area contributed by atoms with E-state index in [1.54, 1.807) is 11.3 Å². The minimum Gasteiger partial charge on any atom is -0.380 e. The number of hydrogen-bond donors (Lipinski definition) is 1. The fourth-order valence-electron chi connectivity index (χ4n) is 1.26. The van der Waals surface area contributed by atoms with Gasteiger partial charge in [0.25, 0.3) is 0 Å². The third kappa shape index (κ3) is 6.91. The van der Waals surface area contributed by atoms with E-state index in [0.29, 0.717) is 0 Å². The van der Waals surface area contributed by atoms with Crippen molar-refractivity contribution in [3.63, 3.8) is 0 Å². The molecule has 0 bridgehead atoms. The van der Waals surface area contributed by atoms with Crippen molar-refractivity contribution in [3.8, 4) is 0 Å². The second kappa shape index (κ2) is 8.64. The first-order chi connectivity index (χ1) is 8.09. The number of rotatable bonds is 8. The molecule has 0 saturated carbocycles. The Hall–Kier alpha value is 0.580. The molecule has 0 saturated heterocycles. The maximum Gasteiger partial charge on any atom is 0.0843 e. The van der Waals surface area contributed by atoms with Crippen LogP contribution in [0.15, 0.2) is 14.3 Å². The smallest absolute Gasteiger partial charge is 0.0843 e. The molecule has 0 atom stereocenters. The van der Waals surface area contributed by atoms with Crippen molar-refractivity contribution < 1.29 is 4.74 Å². The molecule has 98 valence electrons. The first-order valence-electron chi connectivity index (χ1n) is 5.81. The SMILES string of the molecule is CC(C)CCOCCNCc1cc(Br)c(Br)s1. The molecule has 17 heavy (non-hydrogen) atoms. The van der Waals surface area contributed by atoms with Crippen LogP contribution in [0.5, 0.6) is 0 Å². The zero-order valence-corrected chi connectivity index (χ0v) is 14.3. The van der Waals surface area contributed by atoms with Crippen molar-refractivity contribution in [3.05, 3.63) is 19.2 Å². The minimum absolute atomic E-state index is 0.726. The molecule has 0 fully saturated rings. The summed E-state index contributed by atoms with van der Waals surface area (Å²) in [7, 11) is 0. The van der Waals surface area contributed by atoms with Crippen LogP contribution in [0.4, 0.5) is 0 Å². The van der Waals surface area contributed by atoms with E-state index in [0.717, 1.165) is 46.9 Å². The van der Waals surface area contributed by atoms with Gasteiger partial charge in [0.2, 0.25) is 0 Å². The molecule has 2 nitrogen and oxygen atoms in total. The standard InChI is InChI=1S/C12H19Br2NOS/c1-9(2)3-5-16-6-4-15-8-10-7-11(13)12(14)17-10/h7,9,15H,3-6,8H2,1-2H3. The summed E-state index contributed by atoms with van der Waals surface area (Å²) in [6.07, 6.45) is 1.14. The molecule has 0 aliphatic rings. The van der Waals surface area contributed by atoms with Gasteiger partial charge in [0.1, 0.15) is 0 Å². The average Bonchev–Trinajstić information content (AvgIpc) is 2.56. The second-order valence-corrected chi connectivity index (χ2v) is 7.62. The summed E-state index contributed by atoms with van der Waals surface area (Å²) in [6, 6.07) is 2.14. The summed E-state index contributed by atoms with van der Waals surface area (Å²) in [5.41, 5.74) is 0. The topological polar surface area (TPSA) is 21.3 Å². The van der Waals surface area contributed by atoms with Crippen LogP contribution in [0, 0.1) is 5.92 Å². The molecular weight excluding hydrogens is 366 g/mol. The molecule has 1 aromatic heterocycles. The molecule has 0 aliphatic carbocycles. The molecule has 0 radical (unpaired) electrons. The Bertz CT molecular complexity index is 309. The zero-order chi connectivity index (χ0) is 12.7. The highest BCUT2D eigenvalue weighted by Gasteiger charge is 2.03. The number of nitrogens with one attached hydrogen (secondary N) is 1. The predicted molar refractivity (Wildman–Crippen MR) is 81.7 cm³/mol. The van der Waals surface area contributed by atoms with E-state index in [4.69, 9.17) is 4.74 Å². The molecule has 1 heterocycles. The van der Waals surface area contributed by atoms with E-state index in [1.165, 1.54) is 4.88 Å². The highest BCUT2D eigenvalue weighted by Crippen LogP contribution is 2.32. The number of halogens is 2. The van der Waals surface area contributed by atoms with Gasteiger partial charge >= 0.3 is 0 Å². The van der Waals surface area contributed by atoms with E-state index >= 15 is 0 Å². The largest absolute Gasteiger partial charge is 0.380 e. The average molecular weight is 385 g/mol. The van der Waals surface area contributed by atoms with E-state index in [2.05, 4.69) is 57.1 Å². The van der Waals surface area contributed by atoms with Crippen molar-refractivity contribution in [1.82, 2.24) is 5.32 Å². The second-order valence-electron chi connectivity index (χ2n) is 4.31. The maximum absolute atomic E-state index is 5.53. The van der Waals surface area contributed by atoms with Gasteiger partial charge in [0, 0.05) is 29.0 Å². The zero-order valence-electron chi connectivity index (χ0n) is 10.3. The molecule has 0 aromatic carbocycles. The monoisotopic (exact) mass is 383 g/mol. The van der Waals surface area contributed by atoms with Gasteiger partial charge in [-0.05, 0) is 50.3 Å². The quantitative estimate of drug-likeness (QED) is 0.669. The van der Waals surface area contributed by atoms with Crippen LogP contribution in [-0.4, -0.2) is 19.8 Å². The van der Waals surface area contributed by atoms with Gasteiger partial charge in [0.05, 0.1) is 10.4 Å². The number of ether oxygens (including phenoxy) is 1. The Morgan fingerprint density at radius 3 is 2.71 bits per heavy atom. The van der Waals surface area contributed by atoms with Crippen LogP contribution < -0.4 is 5.32 Å². The third-order valence-electron chi connectivity index (χ3n) is 2.26. The van der Waals surface area contributed by atoms with Crippen LogP contribution in [0.25, 0.3) is 0 Å². The molecular formula is C12H19Br2NOS. The number of thiophene rings is 1. The molecule has 1 N–H and O–H groups in total. The predicted octanol–water partition coefficient (Wildman–Crippen LogP) is 4.43. The maximum atomic E-state index is 5.53. The van der Waals surface area contributed by atoms with E-state index in [-0.39, 0.29) is 0 Å².